The van der Waals surface area contributed by atoms with Crippen molar-refractivity contribution in [1.82, 2.24) is 0 Å². The highest BCUT2D eigenvalue weighted by atomic mass is 16.5. The van der Waals surface area contributed by atoms with E-state index in [2.05, 4.69) is 48.5 Å². The van der Waals surface area contributed by atoms with E-state index in [0.717, 1.165) is 38.5 Å². The van der Waals surface area contributed by atoms with Crippen LogP contribution in [0.5, 0.6) is 0 Å². The molecule has 0 bridgehead atoms. The number of rotatable bonds is 5. The van der Waals surface area contributed by atoms with Crippen LogP contribution in [0, 0.1) is 0 Å². The Balaban J connectivity index is 1.63. The number of furan rings is 1. The Bertz CT molecular complexity index is 1120. The summed E-state index contributed by atoms with van der Waals surface area (Å²) in [5, 5.41) is 12.5. The first kappa shape index (κ1) is 18.8. The van der Waals surface area contributed by atoms with Crippen molar-refractivity contribution in [1.29, 1.82) is 0 Å². The first-order chi connectivity index (χ1) is 13.3. The molecule has 0 fully saturated rings. The highest BCUT2D eigenvalue weighted by Gasteiger charge is 2.35. The van der Waals surface area contributed by atoms with Gasteiger partial charge in [-0.05, 0) is 39.3 Å². The van der Waals surface area contributed by atoms with Gasteiger partial charge in [0.2, 0.25) is 0 Å². The summed E-state index contributed by atoms with van der Waals surface area (Å²) in [6, 6.07) is 22.7. The van der Waals surface area contributed by atoms with E-state index in [1.165, 1.54) is 0 Å². The van der Waals surface area contributed by atoms with Gasteiger partial charge in [-0.25, -0.2) is 0 Å². The molecule has 1 heterocycles. The second-order valence-electron chi connectivity index (χ2n) is 8.34. The molecule has 0 atom stereocenters. The quantitative estimate of drug-likeness (QED) is 0.512. The Morgan fingerprint density at radius 3 is 2.21 bits per heavy atom. The molecule has 1 aromatic heterocycles. The number of fused-ring (bicyclic) bond motifs is 3. The Morgan fingerprint density at radius 1 is 0.821 bits per heavy atom. The van der Waals surface area contributed by atoms with E-state index in [1.807, 2.05) is 32.0 Å². The maximum Gasteiger partial charge on any atom is 0.309 e. The van der Waals surface area contributed by atoms with Crippen molar-refractivity contribution >= 4 is 34.9 Å². The lowest BCUT2D eigenvalue weighted by Crippen LogP contribution is -2.49. The zero-order chi connectivity index (χ0) is 19.9. The second kappa shape index (κ2) is 6.80. The maximum absolute atomic E-state index is 10.2. The molecule has 3 nitrogen and oxygen atoms in total. The van der Waals surface area contributed by atoms with Crippen LogP contribution in [0.3, 0.4) is 0 Å². The van der Waals surface area contributed by atoms with Crippen LogP contribution in [-0.4, -0.2) is 23.8 Å². The van der Waals surface area contributed by atoms with E-state index < -0.39 is 11.2 Å². The fourth-order valence-corrected chi connectivity index (χ4v) is 3.20. The van der Waals surface area contributed by atoms with Gasteiger partial charge in [0.25, 0.3) is 0 Å². The summed E-state index contributed by atoms with van der Waals surface area (Å²) in [4.78, 5) is 0. The minimum absolute atomic E-state index is 0.451. The molecule has 28 heavy (non-hydrogen) atoms. The van der Waals surface area contributed by atoms with Crippen molar-refractivity contribution in [3.05, 3.63) is 66.7 Å². The minimum atomic E-state index is -0.913. The zero-order valence-corrected chi connectivity index (χ0v) is 16.8. The fourth-order valence-electron chi connectivity index (χ4n) is 3.20. The highest BCUT2D eigenvalue weighted by Crippen LogP contribution is 2.35. The maximum atomic E-state index is 10.2. The molecule has 0 saturated heterocycles. The van der Waals surface area contributed by atoms with E-state index in [4.69, 9.17) is 9.07 Å². The summed E-state index contributed by atoms with van der Waals surface area (Å²) in [6.07, 6.45) is 0. The fraction of sp³-hybridized carbons (Fsp3) is 0.250. The molecule has 0 aliphatic heterocycles. The molecular formula is C24H25BO3. The van der Waals surface area contributed by atoms with E-state index in [9.17, 15) is 5.11 Å². The van der Waals surface area contributed by atoms with Crippen LogP contribution in [-0.2, 0) is 4.65 Å². The highest BCUT2D eigenvalue weighted by molar-refractivity contribution is 6.47. The summed E-state index contributed by atoms with van der Waals surface area (Å²) >= 11 is 0. The minimum Gasteiger partial charge on any atom is -0.455 e. The molecule has 0 spiro atoms. The number of aliphatic hydroxyl groups is 1. The number of para-hydroxylation sites is 2. The molecule has 3 aromatic carbocycles. The third-order valence-corrected chi connectivity index (χ3v) is 5.74. The van der Waals surface area contributed by atoms with Gasteiger partial charge in [-0.15, -0.1) is 0 Å². The molecular weight excluding hydrogens is 347 g/mol. The summed E-state index contributed by atoms with van der Waals surface area (Å²) in [6.45, 7) is 7.35. The Hall–Kier alpha value is -2.56. The lowest BCUT2D eigenvalue weighted by molar-refractivity contribution is -0.0893. The van der Waals surface area contributed by atoms with Gasteiger partial charge in [-0.3, -0.25) is 0 Å². The summed E-state index contributed by atoms with van der Waals surface area (Å²) in [5.41, 5.74) is 3.53. The molecule has 1 N–H and O–H groups in total. The van der Waals surface area contributed by atoms with Gasteiger partial charge in [0, 0.05) is 16.3 Å². The predicted octanol–water partition coefficient (Wildman–Crippen LogP) is 4.80. The van der Waals surface area contributed by atoms with Crippen LogP contribution >= 0.6 is 0 Å². The van der Waals surface area contributed by atoms with Crippen LogP contribution in [0.15, 0.2) is 71.1 Å². The average Bonchev–Trinajstić information content (AvgIpc) is 3.05. The van der Waals surface area contributed by atoms with E-state index in [-0.39, 0.29) is 0 Å². The first-order valence-electron chi connectivity index (χ1n) is 9.62. The molecule has 0 aliphatic rings. The molecule has 4 aromatic rings. The molecule has 0 aliphatic carbocycles. The third kappa shape index (κ3) is 3.34. The predicted molar refractivity (Wildman–Crippen MR) is 117 cm³/mol. The summed E-state index contributed by atoms with van der Waals surface area (Å²) < 4.78 is 12.1. The molecule has 4 heteroatoms. The smallest absolute Gasteiger partial charge is 0.309 e. The van der Waals surface area contributed by atoms with Gasteiger partial charge < -0.3 is 14.2 Å². The van der Waals surface area contributed by atoms with Crippen molar-refractivity contribution in [3.63, 3.8) is 0 Å². The van der Waals surface area contributed by atoms with Gasteiger partial charge in [-0.1, -0.05) is 66.1 Å². The van der Waals surface area contributed by atoms with Crippen molar-refractivity contribution in [3.8, 4) is 11.1 Å². The monoisotopic (exact) mass is 372 g/mol. The molecule has 0 radical (unpaired) electrons. The van der Waals surface area contributed by atoms with Gasteiger partial charge in [0.15, 0.2) is 0 Å². The Labute approximate surface area is 166 Å². The largest absolute Gasteiger partial charge is 0.455 e. The van der Waals surface area contributed by atoms with Crippen molar-refractivity contribution in [2.24, 2.45) is 0 Å². The molecule has 0 amide bonds. The van der Waals surface area contributed by atoms with Crippen molar-refractivity contribution < 1.29 is 14.2 Å². The number of hydrogen-bond acceptors (Lipinski definition) is 3. The first-order valence-corrected chi connectivity index (χ1v) is 9.62. The van der Waals surface area contributed by atoms with Crippen LogP contribution in [0.1, 0.15) is 27.7 Å². The second-order valence-corrected chi connectivity index (χ2v) is 8.34. The summed E-state index contributed by atoms with van der Waals surface area (Å²) in [5.74, 6) is 0. The topological polar surface area (TPSA) is 42.6 Å². The van der Waals surface area contributed by atoms with Crippen LogP contribution in [0.25, 0.3) is 33.1 Å². The zero-order valence-electron chi connectivity index (χ0n) is 16.8. The lowest BCUT2D eigenvalue weighted by Gasteiger charge is -2.37. The van der Waals surface area contributed by atoms with Gasteiger partial charge in [-0.2, -0.15) is 0 Å². The van der Waals surface area contributed by atoms with Gasteiger partial charge in [0.05, 0.1) is 11.2 Å². The van der Waals surface area contributed by atoms with Crippen LogP contribution < -0.4 is 5.46 Å². The van der Waals surface area contributed by atoms with E-state index >= 15 is 0 Å². The standard InChI is InChI=1S/C24H25BO3/c1-23(2,26)24(3,4)28-25-17-14-12-16(13-15-17)18-9-7-10-20-19-8-5-6-11-21(19)27-22(18)20/h5-15,25-26H,1-4H3. The lowest BCUT2D eigenvalue weighted by atomic mass is 9.82. The van der Waals surface area contributed by atoms with Gasteiger partial charge in [0.1, 0.15) is 11.2 Å². The molecule has 0 unspecified atom stereocenters. The van der Waals surface area contributed by atoms with Gasteiger partial charge >= 0.3 is 7.48 Å². The Kier molecular flexibility index (Phi) is 4.57. The van der Waals surface area contributed by atoms with E-state index in [1.54, 1.807) is 13.8 Å². The SMILES string of the molecule is CC(C)(O)C(C)(C)OBc1ccc(-c2cccc3c2oc2ccccc23)cc1. The Morgan fingerprint density at radius 2 is 1.50 bits per heavy atom. The molecule has 142 valence electrons. The normalized spacial score (nSPS) is 12.6. The van der Waals surface area contributed by atoms with Crippen molar-refractivity contribution in [2.45, 2.75) is 38.9 Å². The summed E-state index contributed by atoms with van der Waals surface area (Å²) in [7, 11) is 0.451. The number of hydrogen-bond donors (Lipinski definition) is 1. The average molecular weight is 372 g/mol. The van der Waals surface area contributed by atoms with Crippen LogP contribution in [0.4, 0.5) is 0 Å². The number of benzene rings is 3. The third-order valence-electron chi connectivity index (χ3n) is 5.74. The molecule has 0 saturated carbocycles. The van der Waals surface area contributed by atoms with Crippen molar-refractivity contribution in [2.75, 3.05) is 0 Å². The van der Waals surface area contributed by atoms with Crippen LogP contribution in [0.2, 0.25) is 0 Å². The molecule has 4 rings (SSSR count). The van der Waals surface area contributed by atoms with E-state index in [0.29, 0.717) is 7.48 Å².